The van der Waals surface area contributed by atoms with Crippen LogP contribution in [0, 0.1) is 6.92 Å². The smallest absolute Gasteiger partial charge is 0.325 e. The van der Waals surface area contributed by atoms with Crippen molar-refractivity contribution in [3.63, 3.8) is 0 Å². The average Bonchev–Trinajstić information content (AvgIpc) is 3.28. The highest BCUT2D eigenvalue weighted by molar-refractivity contribution is 7.90. The lowest BCUT2D eigenvalue weighted by atomic mass is 10.0. The highest BCUT2D eigenvalue weighted by atomic mass is 32.2. The Kier molecular flexibility index (Phi) is 7.66. The number of urea groups is 1. The molecule has 1 heterocycles. The zero-order valence-corrected chi connectivity index (χ0v) is 21.5. The van der Waals surface area contributed by atoms with Crippen LogP contribution in [0.1, 0.15) is 18.1 Å². The number of hydrogen-bond acceptors (Lipinski definition) is 6. The Morgan fingerprint density at radius 1 is 0.972 bits per heavy atom. The van der Waals surface area contributed by atoms with E-state index in [-0.39, 0.29) is 17.2 Å². The number of para-hydroxylation sites is 1. The van der Waals surface area contributed by atoms with Crippen LogP contribution in [0.25, 0.3) is 10.2 Å². The van der Waals surface area contributed by atoms with Gasteiger partial charge in [-0.25, -0.2) is 22.9 Å². The second kappa shape index (κ2) is 10.9. The fourth-order valence-electron chi connectivity index (χ4n) is 3.82. The fourth-order valence-corrected chi connectivity index (χ4v) is 6.02. The van der Waals surface area contributed by atoms with E-state index in [0.29, 0.717) is 17.2 Å². The van der Waals surface area contributed by atoms with Gasteiger partial charge in [0.2, 0.25) is 0 Å². The first-order valence-corrected chi connectivity index (χ1v) is 13.7. The zero-order chi connectivity index (χ0) is 25.7. The number of carbonyl (C=O) groups excluding carboxylic acids is 2. The number of nitrogens with one attached hydrogen (secondary N) is 2. The molecule has 1 aromatic heterocycles. The second-order valence-corrected chi connectivity index (χ2v) is 10.8. The number of anilines is 1. The molecule has 0 radical (unpaired) electrons. The highest BCUT2D eigenvalue weighted by Crippen LogP contribution is 2.29. The van der Waals surface area contributed by atoms with Crippen molar-refractivity contribution in [3.05, 3.63) is 90.0 Å². The van der Waals surface area contributed by atoms with Gasteiger partial charge in [-0.1, -0.05) is 72.0 Å². The summed E-state index contributed by atoms with van der Waals surface area (Å²) in [7, 11) is -4.13. The number of nitrogens with zero attached hydrogens (tertiary/aromatic N) is 2. The van der Waals surface area contributed by atoms with Gasteiger partial charge in [-0.15, -0.1) is 0 Å². The number of amides is 3. The molecule has 0 saturated carbocycles. The molecule has 4 rings (SSSR count). The number of benzene rings is 3. The minimum absolute atomic E-state index is 0.00394. The lowest BCUT2D eigenvalue weighted by Gasteiger charge is -2.25. The van der Waals surface area contributed by atoms with Crippen molar-refractivity contribution in [1.82, 2.24) is 15.0 Å². The lowest BCUT2D eigenvalue weighted by Crippen LogP contribution is -2.53. The van der Waals surface area contributed by atoms with E-state index in [1.54, 1.807) is 25.1 Å². The summed E-state index contributed by atoms with van der Waals surface area (Å²) >= 11 is 1.38. The van der Waals surface area contributed by atoms with Gasteiger partial charge >= 0.3 is 6.03 Å². The first-order valence-electron chi connectivity index (χ1n) is 11.4. The third-order valence-corrected chi connectivity index (χ3v) is 8.14. The lowest BCUT2D eigenvalue weighted by molar-refractivity contribution is -0.120. The van der Waals surface area contributed by atoms with E-state index in [2.05, 4.69) is 10.3 Å². The van der Waals surface area contributed by atoms with Gasteiger partial charge in [-0.05, 0) is 43.2 Å². The molecule has 0 aliphatic rings. The third kappa shape index (κ3) is 5.72. The Balaban J connectivity index is 1.60. The topological polar surface area (TPSA) is 108 Å². The molecular weight excluding hydrogens is 496 g/mol. The number of aromatic nitrogens is 1. The zero-order valence-electron chi connectivity index (χ0n) is 19.8. The second-order valence-electron chi connectivity index (χ2n) is 8.13. The Morgan fingerprint density at radius 2 is 1.64 bits per heavy atom. The maximum atomic E-state index is 13.7. The van der Waals surface area contributed by atoms with E-state index in [0.717, 1.165) is 15.8 Å². The molecule has 186 valence electrons. The predicted molar refractivity (Wildman–Crippen MR) is 142 cm³/mol. The molecule has 1 atom stereocenters. The summed E-state index contributed by atoms with van der Waals surface area (Å²) in [4.78, 5) is 32.6. The van der Waals surface area contributed by atoms with Crippen LogP contribution in [0.4, 0.5) is 9.93 Å². The molecular formula is C26H26N4O4S2. The molecule has 0 spiro atoms. The molecule has 0 unspecified atom stereocenters. The first kappa shape index (κ1) is 25.3. The number of carbonyl (C=O) groups is 2. The van der Waals surface area contributed by atoms with Gasteiger partial charge in [0.05, 0.1) is 15.1 Å². The number of aryl methyl sites for hydroxylation is 1. The van der Waals surface area contributed by atoms with Crippen molar-refractivity contribution in [3.8, 4) is 0 Å². The number of likely N-dealkylation sites (N-methyl/N-ethyl adjacent to an activating group) is 1. The van der Waals surface area contributed by atoms with Gasteiger partial charge < -0.3 is 5.32 Å². The summed E-state index contributed by atoms with van der Waals surface area (Å²) in [6.07, 6.45) is 0.179. The quantitative estimate of drug-likeness (QED) is 0.360. The highest BCUT2D eigenvalue weighted by Gasteiger charge is 2.30. The fraction of sp³-hybridized carbons (Fsp3) is 0.192. The number of thiazole rings is 1. The summed E-state index contributed by atoms with van der Waals surface area (Å²) in [5.41, 5.74) is 2.10. The molecule has 2 N–H and O–H groups in total. The minimum atomic E-state index is -4.13. The number of sulfonamides is 1. The molecule has 3 aromatic carbocycles. The Labute approximate surface area is 214 Å². The van der Waals surface area contributed by atoms with Crippen molar-refractivity contribution in [2.45, 2.75) is 31.2 Å². The van der Waals surface area contributed by atoms with Crippen LogP contribution in [0.3, 0.4) is 0 Å². The van der Waals surface area contributed by atoms with Gasteiger partial charge in [0.25, 0.3) is 15.9 Å². The minimum Gasteiger partial charge on any atom is -0.325 e. The summed E-state index contributed by atoms with van der Waals surface area (Å²) in [5.74, 6) is -0.385. The summed E-state index contributed by atoms with van der Waals surface area (Å²) < 4.78 is 28.6. The van der Waals surface area contributed by atoms with E-state index < -0.39 is 22.1 Å². The standard InChI is InChI=1S/C26H26N4O4S2/c1-3-30(26-28-20-14-8-9-15-22(20)35-26)24(31)21(17-19-12-5-4-6-13-19)27-25(32)29-36(33,34)23-16-10-7-11-18(23)2/h4-16,21H,3,17H2,1-2H3,(H2,27,29,32)/t21-/m0/s1. The van der Waals surface area contributed by atoms with Gasteiger partial charge in [0.1, 0.15) is 6.04 Å². The molecule has 3 amide bonds. The summed E-state index contributed by atoms with van der Waals surface area (Å²) in [6.45, 7) is 3.80. The van der Waals surface area contributed by atoms with Crippen LogP contribution in [0.5, 0.6) is 0 Å². The Morgan fingerprint density at radius 3 is 2.33 bits per heavy atom. The molecule has 0 fully saturated rings. The number of hydrogen-bond donors (Lipinski definition) is 2. The van der Waals surface area contributed by atoms with Gasteiger partial charge in [0, 0.05) is 13.0 Å². The van der Waals surface area contributed by atoms with E-state index in [1.807, 2.05) is 66.2 Å². The monoisotopic (exact) mass is 522 g/mol. The summed E-state index contributed by atoms with van der Waals surface area (Å²) in [5, 5.41) is 3.10. The molecule has 0 aliphatic heterocycles. The van der Waals surface area contributed by atoms with Crippen molar-refractivity contribution in [1.29, 1.82) is 0 Å². The molecule has 0 bridgehead atoms. The van der Waals surface area contributed by atoms with Crippen LogP contribution in [0.15, 0.2) is 83.8 Å². The van der Waals surface area contributed by atoms with Crippen molar-refractivity contribution in [2.75, 3.05) is 11.4 Å². The largest absolute Gasteiger partial charge is 0.329 e. The van der Waals surface area contributed by atoms with Gasteiger partial charge in [-0.2, -0.15) is 0 Å². The van der Waals surface area contributed by atoms with E-state index in [1.165, 1.54) is 22.3 Å². The number of fused-ring (bicyclic) bond motifs is 1. The third-order valence-electron chi connectivity index (χ3n) is 5.59. The molecule has 0 saturated heterocycles. The molecule has 4 aromatic rings. The Hall–Kier alpha value is -3.76. The van der Waals surface area contributed by atoms with Crippen molar-refractivity contribution >= 4 is 48.6 Å². The normalized spacial score (nSPS) is 12.2. The van der Waals surface area contributed by atoms with Crippen LogP contribution in [0.2, 0.25) is 0 Å². The van der Waals surface area contributed by atoms with Crippen LogP contribution in [-0.4, -0.2) is 37.9 Å². The van der Waals surface area contributed by atoms with E-state index in [4.69, 9.17) is 0 Å². The van der Waals surface area contributed by atoms with Gasteiger partial charge in [0.15, 0.2) is 5.13 Å². The van der Waals surface area contributed by atoms with Crippen LogP contribution >= 0.6 is 11.3 Å². The maximum absolute atomic E-state index is 13.7. The molecule has 0 aliphatic carbocycles. The maximum Gasteiger partial charge on any atom is 0.329 e. The predicted octanol–water partition coefficient (Wildman–Crippen LogP) is 4.26. The first-order chi connectivity index (χ1) is 17.3. The van der Waals surface area contributed by atoms with E-state index >= 15 is 0 Å². The van der Waals surface area contributed by atoms with E-state index in [9.17, 15) is 18.0 Å². The summed E-state index contributed by atoms with van der Waals surface area (Å²) in [6, 6.07) is 21.2. The van der Waals surface area contributed by atoms with Crippen molar-refractivity contribution in [2.24, 2.45) is 0 Å². The molecule has 8 nitrogen and oxygen atoms in total. The molecule has 36 heavy (non-hydrogen) atoms. The average molecular weight is 523 g/mol. The van der Waals surface area contributed by atoms with Crippen molar-refractivity contribution < 1.29 is 18.0 Å². The van der Waals surface area contributed by atoms with Crippen LogP contribution in [-0.2, 0) is 21.2 Å². The molecule has 10 heteroatoms. The SMILES string of the molecule is CCN(C(=O)[C@H](Cc1ccccc1)NC(=O)NS(=O)(=O)c1ccccc1C)c1nc2ccccc2s1. The van der Waals surface area contributed by atoms with Gasteiger partial charge in [-0.3, -0.25) is 9.69 Å². The number of rotatable bonds is 8. The van der Waals surface area contributed by atoms with Crippen LogP contribution < -0.4 is 14.9 Å². The Bertz CT molecular complexity index is 1450.